The molecular weight excluding hydrogens is 366 g/mol. The van der Waals surface area contributed by atoms with E-state index in [0.717, 1.165) is 21.7 Å². The van der Waals surface area contributed by atoms with E-state index in [4.69, 9.17) is 9.47 Å². The monoisotopic (exact) mass is 385 g/mol. The Labute approximate surface area is 167 Å². The van der Waals surface area contributed by atoms with E-state index in [1.165, 1.54) is 19.3 Å². The standard InChI is InChI=1S/C24H19NO4/c1-28-23-14-16(10-12-22(23)26)11-13-24(27)29-15-21-19-8-3-2-6-17(19)18-7-4-5-9-20(18)25-21/h2-14,26H,15H2,1H3. The smallest absolute Gasteiger partial charge is 0.331 e. The van der Waals surface area contributed by atoms with Gasteiger partial charge in [-0.1, -0.05) is 48.5 Å². The van der Waals surface area contributed by atoms with Crippen LogP contribution in [0.1, 0.15) is 11.3 Å². The van der Waals surface area contributed by atoms with E-state index < -0.39 is 5.97 Å². The number of pyridine rings is 1. The van der Waals surface area contributed by atoms with Gasteiger partial charge in [-0.2, -0.15) is 0 Å². The highest BCUT2D eigenvalue weighted by Crippen LogP contribution is 2.28. The minimum absolute atomic E-state index is 0.0430. The Morgan fingerprint density at radius 1 is 1.00 bits per heavy atom. The van der Waals surface area contributed by atoms with Crippen LogP contribution < -0.4 is 4.74 Å². The lowest BCUT2D eigenvalue weighted by atomic mass is 10.0. The number of rotatable bonds is 5. The molecule has 1 aromatic heterocycles. The van der Waals surface area contributed by atoms with Crippen LogP contribution in [0.2, 0.25) is 0 Å². The molecule has 0 saturated heterocycles. The van der Waals surface area contributed by atoms with Crippen molar-refractivity contribution in [3.8, 4) is 11.5 Å². The fourth-order valence-electron chi connectivity index (χ4n) is 3.23. The normalized spacial score (nSPS) is 11.2. The van der Waals surface area contributed by atoms with Gasteiger partial charge in [0, 0.05) is 16.8 Å². The fourth-order valence-corrected chi connectivity index (χ4v) is 3.23. The third kappa shape index (κ3) is 3.89. The first kappa shape index (κ1) is 18.5. The highest BCUT2D eigenvalue weighted by molar-refractivity contribution is 6.06. The summed E-state index contributed by atoms with van der Waals surface area (Å²) in [6.07, 6.45) is 2.95. The van der Waals surface area contributed by atoms with Gasteiger partial charge in [0.05, 0.1) is 18.3 Å². The Balaban J connectivity index is 1.54. The van der Waals surface area contributed by atoms with Crippen molar-refractivity contribution >= 4 is 33.7 Å². The summed E-state index contributed by atoms with van der Waals surface area (Å²) >= 11 is 0. The molecule has 4 rings (SSSR count). The number of benzene rings is 3. The highest BCUT2D eigenvalue weighted by Gasteiger charge is 2.09. The molecule has 0 atom stereocenters. The predicted octanol–water partition coefficient (Wildman–Crippen LogP) is 4.86. The van der Waals surface area contributed by atoms with E-state index in [9.17, 15) is 9.90 Å². The largest absolute Gasteiger partial charge is 0.504 e. The number of ether oxygens (including phenoxy) is 2. The third-order valence-corrected chi connectivity index (χ3v) is 4.65. The van der Waals surface area contributed by atoms with Gasteiger partial charge in [-0.25, -0.2) is 9.78 Å². The van der Waals surface area contributed by atoms with Crippen LogP contribution in [-0.2, 0) is 16.1 Å². The number of methoxy groups -OCH3 is 1. The zero-order valence-electron chi connectivity index (χ0n) is 15.8. The summed E-state index contributed by atoms with van der Waals surface area (Å²) in [6.45, 7) is 0.0768. The zero-order chi connectivity index (χ0) is 20.2. The Morgan fingerprint density at radius 3 is 2.52 bits per heavy atom. The van der Waals surface area contributed by atoms with Crippen LogP contribution in [0.4, 0.5) is 0 Å². The SMILES string of the molecule is COc1cc(C=CC(=O)OCc2nc3ccccc3c3ccccc23)ccc1O. The Bertz CT molecular complexity index is 1230. The van der Waals surface area contributed by atoms with Crippen LogP contribution in [0.3, 0.4) is 0 Å². The van der Waals surface area contributed by atoms with Crippen LogP contribution in [0.25, 0.3) is 27.8 Å². The molecule has 0 radical (unpaired) electrons. The third-order valence-electron chi connectivity index (χ3n) is 4.65. The van der Waals surface area contributed by atoms with E-state index in [-0.39, 0.29) is 12.4 Å². The summed E-state index contributed by atoms with van der Waals surface area (Å²) in [4.78, 5) is 16.9. The van der Waals surface area contributed by atoms with Gasteiger partial charge in [0.2, 0.25) is 0 Å². The van der Waals surface area contributed by atoms with Crippen molar-refractivity contribution in [3.63, 3.8) is 0 Å². The van der Waals surface area contributed by atoms with E-state index in [1.54, 1.807) is 18.2 Å². The molecule has 3 aromatic carbocycles. The number of hydrogen-bond acceptors (Lipinski definition) is 5. The number of aromatic nitrogens is 1. The van der Waals surface area contributed by atoms with Gasteiger partial charge in [0.15, 0.2) is 11.5 Å². The van der Waals surface area contributed by atoms with E-state index >= 15 is 0 Å². The summed E-state index contributed by atoms with van der Waals surface area (Å²) in [5.41, 5.74) is 2.29. The molecule has 0 aliphatic carbocycles. The van der Waals surface area contributed by atoms with Gasteiger partial charge in [0.25, 0.3) is 0 Å². The molecule has 0 unspecified atom stereocenters. The molecule has 29 heavy (non-hydrogen) atoms. The topological polar surface area (TPSA) is 68.7 Å². The Hall–Kier alpha value is -3.86. The van der Waals surface area contributed by atoms with E-state index in [0.29, 0.717) is 17.0 Å². The van der Waals surface area contributed by atoms with Gasteiger partial charge in [-0.15, -0.1) is 0 Å². The lowest BCUT2D eigenvalue weighted by Gasteiger charge is -2.09. The number of carbonyl (C=O) groups is 1. The average molecular weight is 385 g/mol. The molecule has 5 nitrogen and oxygen atoms in total. The number of para-hydroxylation sites is 1. The summed E-state index contributed by atoms with van der Waals surface area (Å²) in [6, 6.07) is 20.7. The first-order chi connectivity index (χ1) is 14.2. The number of fused-ring (bicyclic) bond motifs is 3. The molecule has 5 heteroatoms. The highest BCUT2D eigenvalue weighted by atomic mass is 16.5. The van der Waals surface area contributed by atoms with Crippen LogP contribution >= 0.6 is 0 Å². The van der Waals surface area contributed by atoms with Gasteiger partial charge < -0.3 is 14.6 Å². The maximum atomic E-state index is 12.2. The van der Waals surface area contributed by atoms with Crippen LogP contribution in [0.5, 0.6) is 11.5 Å². The number of nitrogens with zero attached hydrogens (tertiary/aromatic N) is 1. The Morgan fingerprint density at radius 2 is 1.72 bits per heavy atom. The van der Waals surface area contributed by atoms with Crippen molar-refractivity contribution < 1.29 is 19.4 Å². The summed E-state index contributed by atoms with van der Waals surface area (Å²) in [7, 11) is 1.47. The summed E-state index contributed by atoms with van der Waals surface area (Å²) < 4.78 is 10.5. The molecule has 0 aliphatic rings. The quantitative estimate of drug-likeness (QED) is 0.302. The fraction of sp³-hybridized carbons (Fsp3) is 0.0833. The van der Waals surface area contributed by atoms with E-state index in [1.807, 2.05) is 48.5 Å². The predicted molar refractivity (Wildman–Crippen MR) is 113 cm³/mol. The van der Waals surface area contributed by atoms with Gasteiger partial charge in [-0.3, -0.25) is 0 Å². The zero-order valence-corrected chi connectivity index (χ0v) is 15.8. The number of hydrogen-bond donors (Lipinski definition) is 1. The molecule has 0 fully saturated rings. The number of phenols is 1. The molecule has 1 heterocycles. The van der Waals surface area contributed by atoms with Crippen molar-refractivity contribution in [1.29, 1.82) is 0 Å². The molecule has 0 bridgehead atoms. The minimum atomic E-state index is -0.476. The summed E-state index contributed by atoms with van der Waals surface area (Å²) in [5.74, 6) is -0.0927. The molecule has 0 saturated carbocycles. The van der Waals surface area contributed by atoms with Crippen molar-refractivity contribution in [1.82, 2.24) is 4.98 Å². The van der Waals surface area contributed by atoms with Crippen molar-refractivity contribution in [2.24, 2.45) is 0 Å². The Kier molecular flexibility index (Phi) is 5.12. The van der Waals surface area contributed by atoms with Crippen molar-refractivity contribution in [2.75, 3.05) is 7.11 Å². The first-order valence-corrected chi connectivity index (χ1v) is 9.14. The van der Waals surface area contributed by atoms with Gasteiger partial charge in [0.1, 0.15) is 6.61 Å². The number of phenolic OH excluding ortho intramolecular Hbond substituents is 1. The first-order valence-electron chi connectivity index (χ1n) is 9.14. The van der Waals surface area contributed by atoms with Crippen LogP contribution in [0.15, 0.2) is 72.8 Å². The van der Waals surface area contributed by atoms with Crippen molar-refractivity contribution in [2.45, 2.75) is 6.61 Å². The molecular formula is C24H19NO4. The number of aromatic hydroxyl groups is 1. The maximum absolute atomic E-state index is 12.2. The molecule has 144 valence electrons. The van der Waals surface area contributed by atoms with E-state index in [2.05, 4.69) is 4.98 Å². The van der Waals surface area contributed by atoms with Crippen LogP contribution in [0, 0.1) is 0 Å². The second-order valence-corrected chi connectivity index (χ2v) is 6.49. The van der Waals surface area contributed by atoms with Gasteiger partial charge >= 0.3 is 5.97 Å². The minimum Gasteiger partial charge on any atom is -0.504 e. The lowest BCUT2D eigenvalue weighted by molar-refractivity contribution is -0.138. The molecule has 4 aromatic rings. The second kappa shape index (κ2) is 8.02. The second-order valence-electron chi connectivity index (χ2n) is 6.49. The number of esters is 1. The van der Waals surface area contributed by atoms with Crippen molar-refractivity contribution in [3.05, 3.63) is 84.1 Å². The lowest BCUT2D eigenvalue weighted by Crippen LogP contribution is -2.03. The molecule has 0 spiro atoms. The number of carbonyl (C=O) groups excluding carboxylic acids is 1. The molecule has 0 aliphatic heterocycles. The molecule has 1 N–H and O–H groups in total. The maximum Gasteiger partial charge on any atom is 0.331 e. The average Bonchev–Trinajstić information content (AvgIpc) is 2.77. The summed E-state index contributed by atoms with van der Waals surface area (Å²) in [5, 5.41) is 12.7. The van der Waals surface area contributed by atoms with Gasteiger partial charge in [-0.05, 0) is 35.2 Å². The van der Waals surface area contributed by atoms with Crippen LogP contribution in [-0.4, -0.2) is 23.2 Å². The molecule has 0 amide bonds.